The molecule has 146 valence electrons. The van der Waals surface area contributed by atoms with Gasteiger partial charge in [-0.1, -0.05) is 44.2 Å². The van der Waals surface area contributed by atoms with Crippen molar-refractivity contribution in [2.75, 3.05) is 5.32 Å². The highest BCUT2D eigenvalue weighted by molar-refractivity contribution is 5.98. The number of fused-ring (bicyclic) bond motifs is 1. The zero-order valence-corrected chi connectivity index (χ0v) is 16.1. The molecule has 7 nitrogen and oxygen atoms in total. The Morgan fingerprint density at radius 1 is 1.14 bits per heavy atom. The summed E-state index contributed by atoms with van der Waals surface area (Å²) in [6.45, 7) is 4.69. The first-order valence-corrected chi connectivity index (χ1v) is 9.25. The van der Waals surface area contributed by atoms with Crippen molar-refractivity contribution in [1.82, 2.24) is 9.55 Å². The minimum Gasteiger partial charge on any atom is -0.363 e. The second-order valence-electron chi connectivity index (χ2n) is 7.29. The number of nitrogens with two attached hydrogens (primary N) is 2. The van der Waals surface area contributed by atoms with Crippen LogP contribution in [0.5, 0.6) is 0 Å². The number of carbonyl (C=O) groups is 2. The van der Waals surface area contributed by atoms with Gasteiger partial charge in [-0.05, 0) is 36.1 Å². The number of hydrogen-bond donors (Lipinski definition) is 3. The maximum atomic E-state index is 12.5. The fourth-order valence-electron chi connectivity index (χ4n) is 3.13. The summed E-state index contributed by atoms with van der Waals surface area (Å²) >= 11 is 0. The maximum Gasteiger partial charge on any atom is 0.284 e. The highest BCUT2D eigenvalue weighted by Crippen LogP contribution is 2.22. The van der Waals surface area contributed by atoms with E-state index >= 15 is 0 Å². The summed E-state index contributed by atoms with van der Waals surface area (Å²) in [7, 11) is 0. The van der Waals surface area contributed by atoms with Gasteiger partial charge in [0, 0.05) is 12.2 Å². The molecule has 0 aliphatic carbocycles. The van der Waals surface area contributed by atoms with Crippen LogP contribution >= 0.6 is 0 Å². The van der Waals surface area contributed by atoms with Crippen molar-refractivity contribution in [3.05, 3.63) is 59.9 Å². The lowest BCUT2D eigenvalue weighted by Crippen LogP contribution is -2.37. The van der Waals surface area contributed by atoms with E-state index in [2.05, 4.69) is 10.3 Å². The van der Waals surface area contributed by atoms with Crippen LogP contribution in [-0.4, -0.2) is 27.4 Å². The first-order valence-electron chi connectivity index (χ1n) is 9.25. The smallest absolute Gasteiger partial charge is 0.284 e. The van der Waals surface area contributed by atoms with Crippen molar-refractivity contribution < 1.29 is 9.59 Å². The van der Waals surface area contributed by atoms with Gasteiger partial charge in [-0.3, -0.25) is 9.59 Å². The van der Waals surface area contributed by atoms with Crippen LogP contribution in [0.1, 0.15) is 30.0 Å². The van der Waals surface area contributed by atoms with Gasteiger partial charge >= 0.3 is 0 Å². The van der Waals surface area contributed by atoms with Crippen molar-refractivity contribution in [2.45, 2.75) is 32.9 Å². The van der Waals surface area contributed by atoms with Crippen molar-refractivity contribution >= 4 is 28.5 Å². The molecule has 1 aromatic heterocycles. The van der Waals surface area contributed by atoms with E-state index < -0.39 is 11.9 Å². The van der Waals surface area contributed by atoms with Gasteiger partial charge in [0.1, 0.15) is 0 Å². The van der Waals surface area contributed by atoms with E-state index in [-0.39, 0.29) is 11.7 Å². The summed E-state index contributed by atoms with van der Waals surface area (Å²) in [6, 6.07) is 14.3. The van der Waals surface area contributed by atoms with Gasteiger partial charge in [0.05, 0.1) is 17.1 Å². The van der Waals surface area contributed by atoms with E-state index in [9.17, 15) is 9.59 Å². The highest BCUT2D eigenvalue weighted by Gasteiger charge is 2.18. The molecule has 3 rings (SSSR count). The third kappa shape index (κ3) is 4.37. The average Bonchev–Trinajstić information content (AvgIpc) is 3.00. The number of benzene rings is 2. The molecule has 0 unspecified atom stereocenters. The summed E-state index contributed by atoms with van der Waals surface area (Å²) in [5.74, 6) is -0.332. The van der Waals surface area contributed by atoms with E-state index in [1.165, 1.54) is 0 Å². The molecule has 0 aliphatic rings. The molecule has 1 atom stereocenters. The molecule has 7 heteroatoms. The number of imidazole rings is 1. The van der Waals surface area contributed by atoms with Crippen molar-refractivity contribution in [3.8, 4) is 0 Å². The minimum absolute atomic E-state index is 0.216. The standard InChI is InChI=1S/C21H25N5O2/c1-13(2)12-26-18-11-15(8-9-17(18)25-20(26)19(23)27)24-21(28)16(22)10-14-6-4-3-5-7-14/h3-9,11,13,16H,10,12,22H2,1-2H3,(H2,23,27)(H,24,28)/t16-/m0/s1. The molecule has 1 heterocycles. The van der Waals surface area contributed by atoms with Gasteiger partial charge in [-0.25, -0.2) is 4.98 Å². The van der Waals surface area contributed by atoms with E-state index in [0.29, 0.717) is 30.1 Å². The molecule has 5 N–H and O–H groups in total. The molecule has 0 radical (unpaired) electrons. The molecular weight excluding hydrogens is 354 g/mol. The second-order valence-corrected chi connectivity index (χ2v) is 7.29. The number of anilines is 1. The van der Waals surface area contributed by atoms with Gasteiger partial charge in [-0.15, -0.1) is 0 Å². The number of primary amides is 1. The molecular formula is C21H25N5O2. The summed E-state index contributed by atoms with van der Waals surface area (Å²) in [4.78, 5) is 28.6. The molecule has 2 aromatic carbocycles. The second kappa shape index (κ2) is 8.22. The van der Waals surface area contributed by atoms with Crippen molar-refractivity contribution in [1.29, 1.82) is 0 Å². The van der Waals surface area contributed by atoms with Gasteiger partial charge < -0.3 is 21.4 Å². The Morgan fingerprint density at radius 2 is 1.86 bits per heavy atom. The van der Waals surface area contributed by atoms with Gasteiger partial charge in [0.25, 0.3) is 5.91 Å². The lowest BCUT2D eigenvalue weighted by molar-refractivity contribution is -0.117. The van der Waals surface area contributed by atoms with E-state index in [4.69, 9.17) is 11.5 Å². The summed E-state index contributed by atoms with van der Waals surface area (Å²) in [5, 5.41) is 2.85. The number of amides is 2. The van der Waals surface area contributed by atoms with Gasteiger partial charge in [0.15, 0.2) is 5.82 Å². The Labute approximate surface area is 163 Å². The Balaban J connectivity index is 1.83. The summed E-state index contributed by atoms with van der Waals surface area (Å²) in [6.07, 6.45) is 0.450. The van der Waals surface area contributed by atoms with Crippen LogP contribution in [0.4, 0.5) is 5.69 Å². The number of nitrogens with one attached hydrogen (secondary N) is 1. The van der Waals surface area contributed by atoms with Crippen LogP contribution in [0.25, 0.3) is 11.0 Å². The summed E-state index contributed by atoms with van der Waals surface area (Å²) in [5.41, 5.74) is 14.5. The van der Waals surface area contributed by atoms with Crippen LogP contribution in [0.2, 0.25) is 0 Å². The number of nitrogens with zero attached hydrogens (tertiary/aromatic N) is 2. The molecule has 2 amide bonds. The average molecular weight is 379 g/mol. The summed E-state index contributed by atoms with van der Waals surface area (Å²) < 4.78 is 1.79. The van der Waals surface area contributed by atoms with E-state index in [0.717, 1.165) is 11.1 Å². The van der Waals surface area contributed by atoms with Crippen LogP contribution < -0.4 is 16.8 Å². The largest absolute Gasteiger partial charge is 0.363 e. The maximum absolute atomic E-state index is 12.5. The predicted molar refractivity (Wildman–Crippen MR) is 110 cm³/mol. The lowest BCUT2D eigenvalue weighted by atomic mass is 10.1. The number of aromatic nitrogens is 2. The fourth-order valence-corrected chi connectivity index (χ4v) is 3.13. The number of hydrogen-bond acceptors (Lipinski definition) is 4. The minimum atomic E-state index is -0.667. The first kappa shape index (κ1) is 19.6. The fraction of sp³-hybridized carbons (Fsp3) is 0.286. The van der Waals surface area contributed by atoms with E-state index in [1.54, 1.807) is 22.8 Å². The normalized spacial score (nSPS) is 12.3. The lowest BCUT2D eigenvalue weighted by Gasteiger charge is -2.13. The Bertz CT molecular complexity index is 995. The number of rotatable bonds is 7. The molecule has 28 heavy (non-hydrogen) atoms. The Kier molecular flexibility index (Phi) is 5.75. The highest BCUT2D eigenvalue weighted by atomic mass is 16.2. The molecule has 3 aromatic rings. The molecule has 0 fully saturated rings. The zero-order valence-electron chi connectivity index (χ0n) is 16.1. The number of carbonyl (C=O) groups excluding carboxylic acids is 2. The molecule has 0 spiro atoms. The van der Waals surface area contributed by atoms with Crippen molar-refractivity contribution in [2.24, 2.45) is 17.4 Å². The molecule has 0 aliphatic heterocycles. The predicted octanol–water partition coefficient (Wildman–Crippen LogP) is 2.30. The van der Waals surface area contributed by atoms with Crippen LogP contribution in [0.15, 0.2) is 48.5 Å². The third-order valence-corrected chi connectivity index (χ3v) is 4.42. The van der Waals surface area contributed by atoms with Crippen LogP contribution in [-0.2, 0) is 17.8 Å². The van der Waals surface area contributed by atoms with Crippen LogP contribution in [0, 0.1) is 5.92 Å². The van der Waals surface area contributed by atoms with Gasteiger partial charge in [0.2, 0.25) is 5.91 Å². The third-order valence-electron chi connectivity index (χ3n) is 4.42. The van der Waals surface area contributed by atoms with E-state index in [1.807, 2.05) is 44.2 Å². The van der Waals surface area contributed by atoms with Crippen LogP contribution in [0.3, 0.4) is 0 Å². The molecule has 0 saturated heterocycles. The molecule has 0 saturated carbocycles. The van der Waals surface area contributed by atoms with Gasteiger partial charge in [-0.2, -0.15) is 0 Å². The first-order chi connectivity index (χ1) is 13.3. The topological polar surface area (TPSA) is 116 Å². The quantitative estimate of drug-likeness (QED) is 0.584. The molecule has 0 bridgehead atoms. The monoisotopic (exact) mass is 379 g/mol. The Morgan fingerprint density at radius 3 is 2.50 bits per heavy atom. The zero-order chi connectivity index (χ0) is 20.3. The SMILES string of the molecule is CC(C)Cn1c(C(N)=O)nc2ccc(NC(=O)[C@@H](N)Cc3ccccc3)cc21. The Hall–Kier alpha value is -3.19. The van der Waals surface area contributed by atoms with Crippen molar-refractivity contribution in [3.63, 3.8) is 0 Å².